The van der Waals surface area contributed by atoms with Gasteiger partial charge in [0.05, 0.1) is 26.2 Å². The Bertz CT molecular complexity index is 1020. The summed E-state index contributed by atoms with van der Waals surface area (Å²) < 4.78 is 10.8. The van der Waals surface area contributed by atoms with E-state index >= 15 is 0 Å². The van der Waals surface area contributed by atoms with E-state index in [2.05, 4.69) is 84.7 Å². The molecule has 3 aromatic carbocycles. The molecule has 0 aliphatic rings. The molecule has 0 atom stereocenters. The smallest absolute Gasteiger partial charge is 0.160 e. The van der Waals surface area contributed by atoms with Gasteiger partial charge in [-0.25, -0.2) is 0 Å². The van der Waals surface area contributed by atoms with Crippen LogP contribution < -0.4 is 19.7 Å². The van der Waals surface area contributed by atoms with E-state index in [1.807, 2.05) is 6.07 Å². The minimum absolute atomic E-state index is 0.451. The van der Waals surface area contributed by atoms with Gasteiger partial charge in [0, 0.05) is 12.5 Å². The molecule has 3 rings (SSSR count). The fourth-order valence-electron chi connectivity index (χ4n) is 3.93. The van der Waals surface area contributed by atoms with E-state index in [-0.39, 0.29) is 0 Å². The Morgan fingerprint density at radius 1 is 0.778 bits per heavy atom. The number of carbonyl (C=O) groups is 2. The van der Waals surface area contributed by atoms with Crippen molar-refractivity contribution in [3.63, 3.8) is 0 Å². The van der Waals surface area contributed by atoms with Crippen molar-refractivity contribution in [2.24, 2.45) is 0 Å². The third kappa shape index (κ3) is 9.43. The number of hydrogen-bond donors (Lipinski definition) is 0. The third-order valence-corrected chi connectivity index (χ3v) is 5.83. The molecule has 7 heteroatoms. The standard InChI is InChI=1S/C27H33NO2.C2H2O4/c1-28(20-18-22-16-17-26(29-2)27(21-22)30-3)19-10-15-25(23-11-6-4-7-12-23)24-13-8-5-9-14-24;3-1(4)2(5)6/h4-9,11-14,16-17,21,25H,10,15,18-20H2,1-3H3;(H,3,4)(H,5,6)/p-2. The van der Waals surface area contributed by atoms with E-state index in [1.165, 1.54) is 16.7 Å². The van der Waals surface area contributed by atoms with Gasteiger partial charge in [0.15, 0.2) is 11.5 Å². The van der Waals surface area contributed by atoms with E-state index in [9.17, 15) is 0 Å². The van der Waals surface area contributed by atoms with Crippen LogP contribution in [0.4, 0.5) is 0 Å². The number of carbonyl (C=O) groups excluding carboxylic acids is 2. The average Bonchev–Trinajstić information content (AvgIpc) is 2.91. The van der Waals surface area contributed by atoms with Crippen LogP contribution in [0, 0.1) is 0 Å². The lowest BCUT2D eigenvalue weighted by Crippen LogP contribution is -2.42. The number of nitrogens with zero attached hydrogens (tertiary/aromatic N) is 1. The van der Waals surface area contributed by atoms with Crippen LogP contribution in [0.3, 0.4) is 0 Å². The zero-order valence-electron chi connectivity index (χ0n) is 21.0. The number of likely N-dealkylation sites (N-methyl/N-ethyl adjacent to an activating group) is 1. The summed E-state index contributed by atoms with van der Waals surface area (Å²) in [6.07, 6.45) is 3.31. The molecule has 0 unspecified atom stereocenters. The SMILES string of the molecule is COc1ccc(CCN(C)CCCC(c2ccccc2)c2ccccc2)cc1OC.O=C([O-])C(=O)[O-]. The van der Waals surface area contributed by atoms with Crippen molar-refractivity contribution >= 4 is 11.9 Å². The highest BCUT2D eigenvalue weighted by atomic mass is 16.5. The molecule has 0 aliphatic carbocycles. The lowest BCUT2D eigenvalue weighted by atomic mass is 9.87. The summed E-state index contributed by atoms with van der Waals surface area (Å²) in [5.41, 5.74) is 4.07. The Kier molecular flexibility index (Phi) is 12.0. The second kappa shape index (κ2) is 15.2. The number of ether oxygens (including phenoxy) is 2. The average molecular weight is 492 g/mol. The number of benzene rings is 3. The quantitative estimate of drug-likeness (QED) is 0.379. The summed E-state index contributed by atoms with van der Waals surface area (Å²) in [5, 5.41) is 17.9. The number of aliphatic carboxylic acids is 2. The molecule has 0 saturated carbocycles. The minimum atomic E-state index is -2.19. The molecule has 3 aromatic rings. The lowest BCUT2D eigenvalue weighted by molar-refractivity contribution is -0.345. The molecule has 0 aromatic heterocycles. The summed E-state index contributed by atoms with van der Waals surface area (Å²) in [6, 6.07) is 27.9. The van der Waals surface area contributed by atoms with Crippen molar-refractivity contribution in [1.82, 2.24) is 4.90 Å². The number of carboxylic acids is 2. The van der Waals surface area contributed by atoms with Gasteiger partial charge in [-0.15, -0.1) is 0 Å². The predicted molar refractivity (Wildman–Crippen MR) is 135 cm³/mol. The molecule has 0 bridgehead atoms. The van der Waals surface area contributed by atoms with Crippen molar-refractivity contribution in [2.75, 3.05) is 34.4 Å². The Balaban J connectivity index is 0.000000678. The first kappa shape index (κ1) is 28.4. The molecule has 192 valence electrons. The summed E-state index contributed by atoms with van der Waals surface area (Å²) >= 11 is 0. The Hall–Kier alpha value is -3.84. The van der Waals surface area contributed by atoms with Crippen molar-refractivity contribution in [2.45, 2.75) is 25.2 Å². The molecular weight excluding hydrogens is 458 g/mol. The van der Waals surface area contributed by atoms with Crippen LogP contribution in [0.25, 0.3) is 0 Å². The third-order valence-electron chi connectivity index (χ3n) is 5.83. The van der Waals surface area contributed by atoms with Crippen molar-refractivity contribution in [3.8, 4) is 11.5 Å². The van der Waals surface area contributed by atoms with E-state index < -0.39 is 11.9 Å². The van der Waals surface area contributed by atoms with Crippen LogP contribution in [0.5, 0.6) is 11.5 Å². The second-order valence-corrected chi connectivity index (χ2v) is 8.33. The van der Waals surface area contributed by atoms with Crippen molar-refractivity contribution in [3.05, 3.63) is 95.6 Å². The van der Waals surface area contributed by atoms with E-state index in [0.29, 0.717) is 5.92 Å². The van der Waals surface area contributed by atoms with Gasteiger partial charge in [-0.1, -0.05) is 66.7 Å². The maximum Gasteiger partial charge on any atom is 0.160 e. The lowest BCUT2D eigenvalue weighted by Gasteiger charge is -2.21. The molecule has 0 spiro atoms. The number of hydrogen-bond acceptors (Lipinski definition) is 7. The minimum Gasteiger partial charge on any atom is -0.543 e. The van der Waals surface area contributed by atoms with Gasteiger partial charge in [0.1, 0.15) is 0 Å². The zero-order valence-corrected chi connectivity index (χ0v) is 21.0. The predicted octanol–water partition coefficient (Wildman–Crippen LogP) is 2.28. The van der Waals surface area contributed by atoms with Gasteiger partial charge >= 0.3 is 0 Å². The zero-order chi connectivity index (χ0) is 26.3. The van der Waals surface area contributed by atoms with E-state index in [4.69, 9.17) is 29.3 Å². The van der Waals surface area contributed by atoms with Gasteiger partial charge in [0.25, 0.3) is 0 Å². The van der Waals surface area contributed by atoms with E-state index in [1.54, 1.807) is 14.2 Å². The molecule has 7 nitrogen and oxygen atoms in total. The van der Waals surface area contributed by atoms with Crippen LogP contribution in [0.2, 0.25) is 0 Å². The van der Waals surface area contributed by atoms with Crippen molar-refractivity contribution in [1.29, 1.82) is 0 Å². The molecule has 0 radical (unpaired) electrons. The largest absolute Gasteiger partial charge is 0.543 e. The Morgan fingerprint density at radius 3 is 1.78 bits per heavy atom. The summed E-state index contributed by atoms with van der Waals surface area (Å²) in [6.45, 7) is 2.11. The first-order valence-electron chi connectivity index (χ1n) is 11.8. The van der Waals surface area contributed by atoms with Crippen LogP contribution in [0.1, 0.15) is 35.4 Å². The van der Waals surface area contributed by atoms with Crippen LogP contribution in [-0.2, 0) is 16.0 Å². The van der Waals surface area contributed by atoms with Gasteiger partial charge in [-0.05, 0) is 61.7 Å². The summed E-state index contributed by atoms with van der Waals surface area (Å²) in [7, 11) is 5.56. The van der Waals surface area contributed by atoms with Gasteiger partial charge in [-0.2, -0.15) is 0 Å². The van der Waals surface area contributed by atoms with Crippen LogP contribution in [0.15, 0.2) is 78.9 Å². The molecular formula is C29H33NO6-2. The molecule has 0 heterocycles. The number of methoxy groups -OCH3 is 2. The maximum absolute atomic E-state index is 8.93. The first-order chi connectivity index (χ1) is 17.3. The van der Waals surface area contributed by atoms with Crippen molar-refractivity contribution < 1.29 is 29.3 Å². The molecule has 36 heavy (non-hydrogen) atoms. The Morgan fingerprint density at radius 2 is 1.31 bits per heavy atom. The highest BCUT2D eigenvalue weighted by molar-refractivity contribution is 6.25. The summed E-state index contributed by atoms with van der Waals surface area (Å²) in [4.78, 5) is 20.3. The fraction of sp³-hybridized carbons (Fsp3) is 0.310. The highest BCUT2D eigenvalue weighted by Gasteiger charge is 2.14. The van der Waals surface area contributed by atoms with Gasteiger partial charge in [0.2, 0.25) is 0 Å². The number of carboxylic acid groups (broad SMARTS) is 2. The maximum atomic E-state index is 8.93. The normalized spacial score (nSPS) is 10.5. The van der Waals surface area contributed by atoms with Gasteiger partial charge < -0.3 is 34.2 Å². The molecule has 0 amide bonds. The molecule has 0 N–H and O–H groups in total. The highest BCUT2D eigenvalue weighted by Crippen LogP contribution is 2.29. The summed E-state index contributed by atoms with van der Waals surface area (Å²) in [5.74, 6) is -2.34. The first-order valence-corrected chi connectivity index (χ1v) is 11.8. The molecule has 0 fully saturated rings. The van der Waals surface area contributed by atoms with E-state index in [0.717, 1.165) is 43.9 Å². The molecule has 0 saturated heterocycles. The monoisotopic (exact) mass is 491 g/mol. The van der Waals surface area contributed by atoms with Gasteiger partial charge in [-0.3, -0.25) is 0 Å². The topological polar surface area (TPSA) is 102 Å². The molecule has 0 aliphatic heterocycles. The number of rotatable bonds is 11. The van der Waals surface area contributed by atoms with Crippen LogP contribution >= 0.6 is 0 Å². The second-order valence-electron chi connectivity index (χ2n) is 8.33. The Labute approximate surface area is 212 Å². The van der Waals surface area contributed by atoms with Crippen LogP contribution in [-0.4, -0.2) is 51.2 Å². The fourth-order valence-corrected chi connectivity index (χ4v) is 3.93.